The molecule has 0 bridgehead atoms. The fourth-order valence-electron chi connectivity index (χ4n) is 4.04. The third-order valence-electron chi connectivity index (χ3n) is 5.89. The molecule has 5 nitrogen and oxygen atoms in total. The summed E-state index contributed by atoms with van der Waals surface area (Å²) in [5.41, 5.74) is 1.98. The molecule has 0 aliphatic heterocycles. The van der Waals surface area contributed by atoms with Crippen LogP contribution in [0.4, 0.5) is 0 Å². The van der Waals surface area contributed by atoms with Crippen molar-refractivity contribution in [3.8, 4) is 5.69 Å². The second-order valence-corrected chi connectivity index (χ2v) is 9.25. The number of nitrogens with zero attached hydrogens (tertiary/aromatic N) is 3. The van der Waals surface area contributed by atoms with E-state index in [0.29, 0.717) is 39.9 Å². The third-order valence-corrected chi connectivity index (χ3v) is 6.30. The topological polar surface area (TPSA) is 55.2 Å². The first-order valence-corrected chi connectivity index (χ1v) is 11.2. The Morgan fingerprint density at radius 1 is 1.16 bits per heavy atom. The first kappa shape index (κ1) is 21.6. The SMILES string of the molecule is Cc1c(Cl)cccc1-n1c(C(C)N(CC(C)C)C(=O)C2CC2)nc2ccccc2c1=O. The molecular weight excluding hydrogens is 410 g/mol. The predicted molar refractivity (Wildman–Crippen MR) is 125 cm³/mol. The molecule has 6 heteroatoms. The number of halogens is 1. The van der Waals surface area contributed by atoms with Crippen molar-refractivity contribution in [1.29, 1.82) is 0 Å². The van der Waals surface area contributed by atoms with Crippen molar-refractivity contribution < 1.29 is 4.79 Å². The maximum atomic E-state index is 13.7. The van der Waals surface area contributed by atoms with Crippen LogP contribution >= 0.6 is 11.6 Å². The summed E-state index contributed by atoms with van der Waals surface area (Å²) in [4.78, 5) is 33.6. The predicted octanol–water partition coefficient (Wildman–Crippen LogP) is 5.30. The summed E-state index contributed by atoms with van der Waals surface area (Å²) >= 11 is 6.40. The number of carbonyl (C=O) groups is 1. The minimum Gasteiger partial charge on any atom is -0.332 e. The minimum atomic E-state index is -0.355. The number of fused-ring (bicyclic) bond motifs is 1. The third kappa shape index (κ3) is 4.11. The smallest absolute Gasteiger partial charge is 0.266 e. The van der Waals surface area contributed by atoms with Gasteiger partial charge in [-0.15, -0.1) is 0 Å². The Kier molecular flexibility index (Phi) is 5.89. The summed E-state index contributed by atoms with van der Waals surface area (Å²) in [5.74, 6) is 1.11. The lowest BCUT2D eigenvalue weighted by Crippen LogP contribution is -2.40. The monoisotopic (exact) mass is 437 g/mol. The Hall–Kier alpha value is -2.66. The lowest BCUT2D eigenvalue weighted by Gasteiger charge is -2.32. The van der Waals surface area contributed by atoms with Gasteiger partial charge in [-0.1, -0.05) is 43.6 Å². The molecular formula is C25H28ClN3O2. The van der Waals surface area contributed by atoms with Crippen LogP contribution in [0.2, 0.25) is 5.02 Å². The van der Waals surface area contributed by atoms with Gasteiger partial charge in [-0.2, -0.15) is 0 Å². The number of aromatic nitrogens is 2. The van der Waals surface area contributed by atoms with Crippen LogP contribution in [-0.4, -0.2) is 26.9 Å². The highest BCUT2D eigenvalue weighted by Crippen LogP contribution is 2.35. The van der Waals surface area contributed by atoms with Gasteiger partial charge in [0.1, 0.15) is 5.82 Å². The van der Waals surface area contributed by atoms with Gasteiger partial charge in [0.05, 0.1) is 22.6 Å². The number of rotatable bonds is 6. The molecule has 3 aromatic rings. The lowest BCUT2D eigenvalue weighted by molar-refractivity contribution is -0.135. The van der Waals surface area contributed by atoms with E-state index >= 15 is 0 Å². The van der Waals surface area contributed by atoms with Crippen molar-refractivity contribution in [2.75, 3.05) is 6.54 Å². The van der Waals surface area contributed by atoms with Crippen LogP contribution in [0.25, 0.3) is 16.6 Å². The summed E-state index contributed by atoms with van der Waals surface area (Å²) < 4.78 is 1.64. The van der Waals surface area contributed by atoms with Gasteiger partial charge in [0.2, 0.25) is 5.91 Å². The fourth-order valence-corrected chi connectivity index (χ4v) is 4.21. The maximum absolute atomic E-state index is 13.7. The van der Waals surface area contributed by atoms with Crippen molar-refractivity contribution in [3.05, 3.63) is 69.2 Å². The van der Waals surface area contributed by atoms with Crippen molar-refractivity contribution in [3.63, 3.8) is 0 Å². The second-order valence-electron chi connectivity index (χ2n) is 8.85. The van der Waals surface area contributed by atoms with Crippen LogP contribution in [-0.2, 0) is 4.79 Å². The molecule has 1 heterocycles. The van der Waals surface area contributed by atoms with Crippen LogP contribution in [0.1, 0.15) is 51.0 Å². The number of benzene rings is 2. The van der Waals surface area contributed by atoms with Gasteiger partial charge in [0.15, 0.2) is 0 Å². The molecule has 1 amide bonds. The van der Waals surface area contributed by atoms with Gasteiger partial charge < -0.3 is 4.90 Å². The molecule has 1 fully saturated rings. The zero-order valence-corrected chi connectivity index (χ0v) is 19.2. The summed E-state index contributed by atoms with van der Waals surface area (Å²) in [6, 6.07) is 12.5. The molecule has 0 N–H and O–H groups in total. The molecule has 1 atom stereocenters. The first-order chi connectivity index (χ1) is 14.8. The summed E-state index contributed by atoms with van der Waals surface area (Å²) in [7, 11) is 0. The first-order valence-electron chi connectivity index (χ1n) is 10.9. The molecule has 1 aliphatic carbocycles. The van der Waals surface area contributed by atoms with Crippen molar-refractivity contribution in [2.45, 2.75) is 46.6 Å². The molecule has 2 aromatic carbocycles. The van der Waals surface area contributed by atoms with Gasteiger partial charge in [-0.25, -0.2) is 4.98 Å². The molecule has 1 aromatic heterocycles. The van der Waals surface area contributed by atoms with E-state index in [1.54, 1.807) is 10.6 Å². The highest BCUT2D eigenvalue weighted by atomic mass is 35.5. The van der Waals surface area contributed by atoms with E-state index in [1.165, 1.54) is 0 Å². The van der Waals surface area contributed by atoms with E-state index in [0.717, 1.165) is 18.4 Å². The van der Waals surface area contributed by atoms with Crippen molar-refractivity contribution >= 4 is 28.4 Å². The minimum absolute atomic E-state index is 0.0923. The van der Waals surface area contributed by atoms with Crippen LogP contribution in [0.5, 0.6) is 0 Å². The summed E-state index contributed by atoms with van der Waals surface area (Å²) in [5, 5.41) is 1.13. The van der Waals surface area contributed by atoms with Crippen LogP contribution in [0.15, 0.2) is 47.3 Å². The normalized spacial score (nSPS) is 14.8. The molecule has 1 saturated carbocycles. The number of hydrogen-bond acceptors (Lipinski definition) is 3. The van der Waals surface area contributed by atoms with Gasteiger partial charge in [0.25, 0.3) is 5.56 Å². The van der Waals surface area contributed by atoms with E-state index in [4.69, 9.17) is 16.6 Å². The average Bonchev–Trinajstić information content (AvgIpc) is 3.59. The van der Waals surface area contributed by atoms with E-state index in [2.05, 4.69) is 13.8 Å². The molecule has 0 radical (unpaired) electrons. The van der Waals surface area contributed by atoms with Crippen molar-refractivity contribution in [2.24, 2.45) is 11.8 Å². The Morgan fingerprint density at radius 2 is 1.87 bits per heavy atom. The lowest BCUT2D eigenvalue weighted by atomic mass is 10.1. The van der Waals surface area contributed by atoms with Crippen LogP contribution in [0.3, 0.4) is 0 Å². The molecule has 0 spiro atoms. The molecule has 31 heavy (non-hydrogen) atoms. The Balaban J connectivity index is 1.96. The van der Waals surface area contributed by atoms with Gasteiger partial charge in [-0.3, -0.25) is 14.2 Å². The van der Waals surface area contributed by atoms with Gasteiger partial charge in [0, 0.05) is 17.5 Å². The number of hydrogen-bond donors (Lipinski definition) is 0. The molecule has 1 unspecified atom stereocenters. The largest absolute Gasteiger partial charge is 0.332 e. The van der Waals surface area contributed by atoms with Gasteiger partial charge in [-0.05, 0) is 62.4 Å². The fraction of sp³-hybridized carbons (Fsp3) is 0.400. The molecule has 162 valence electrons. The van der Waals surface area contributed by atoms with Crippen LogP contribution < -0.4 is 5.56 Å². The zero-order valence-electron chi connectivity index (χ0n) is 18.4. The van der Waals surface area contributed by atoms with Crippen LogP contribution in [0, 0.1) is 18.8 Å². The number of carbonyl (C=O) groups excluding carboxylic acids is 1. The highest BCUT2D eigenvalue weighted by Gasteiger charge is 2.37. The Labute approximate surface area is 187 Å². The van der Waals surface area contributed by atoms with E-state index in [1.807, 2.05) is 55.1 Å². The quantitative estimate of drug-likeness (QED) is 0.525. The Bertz CT molecular complexity index is 1200. The van der Waals surface area contributed by atoms with Gasteiger partial charge >= 0.3 is 0 Å². The molecule has 4 rings (SSSR count). The zero-order chi connectivity index (χ0) is 22.3. The highest BCUT2D eigenvalue weighted by molar-refractivity contribution is 6.31. The van der Waals surface area contributed by atoms with E-state index in [9.17, 15) is 9.59 Å². The maximum Gasteiger partial charge on any atom is 0.266 e. The van der Waals surface area contributed by atoms with E-state index < -0.39 is 0 Å². The van der Waals surface area contributed by atoms with E-state index in [-0.39, 0.29) is 23.4 Å². The second kappa shape index (κ2) is 8.46. The average molecular weight is 438 g/mol. The molecule has 1 aliphatic rings. The number of para-hydroxylation sites is 1. The summed E-state index contributed by atoms with van der Waals surface area (Å²) in [6.45, 7) is 8.68. The Morgan fingerprint density at radius 3 is 2.55 bits per heavy atom. The molecule has 0 saturated heterocycles. The van der Waals surface area contributed by atoms with Crippen molar-refractivity contribution in [1.82, 2.24) is 14.5 Å². The number of amides is 1. The standard InChI is InChI=1S/C25H28ClN3O2/c1-15(2)14-28(24(30)18-12-13-18)17(4)23-27-21-10-6-5-8-19(21)25(31)29(23)22-11-7-9-20(26)16(22)3/h5-11,15,17-18H,12-14H2,1-4H3. The summed E-state index contributed by atoms with van der Waals surface area (Å²) in [6.07, 6.45) is 1.87.